The van der Waals surface area contributed by atoms with Crippen LogP contribution < -0.4 is 0 Å². The zero-order valence-electron chi connectivity index (χ0n) is 21.7. The van der Waals surface area contributed by atoms with E-state index in [0.717, 1.165) is 11.7 Å². The number of hydrogen-bond donors (Lipinski definition) is 2. The van der Waals surface area contributed by atoms with Crippen LogP contribution in [0.15, 0.2) is 24.0 Å². The molecule has 2 aliphatic carbocycles. The van der Waals surface area contributed by atoms with Crippen molar-refractivity contribution in [3.63, 3.8) is 0 Å². The monoisotopic (exact) mass is 667 g/mol. The number of rotatable bonds is 8. The smallest absolute Gasteiger partial charge is 0.272 e. The normalized spacial score (nSPS) is 36.8. The van der Waals surface area contributed by atoms with E-state index < -0.39 is 31.7 Å². The minimum absolute atomic E-state index is 0.0285. The Labute approximate surface area is 250 Å². The van der Waals surface area contributed by atoms with Crippen LogP contribution in [0.1, 0.15) is 25.7 Å². The molecule has 0 aromatic rings. The van der Waals surface area contributed by atoms with Crippen LogP contribution in [0, 0.1) is 0 Å². The van der Waals surface area contributed by atoms with E-state index in [4.69, 9.17) is 46.4 Å². The minimum atomic E-state index is -4.18. The summed E-state index contributed by atoms with van der Waals surface area (Å²) < 4.78 is 67.1. The Morgan fingerprint density at radius 3 is 1.87 bits per heavy atom. The van der Waals surface area contributed by atoms with Gasteiger partial charge >= 0.3 is 0 Å². The Bertz CT molecular complexity index is 1250. The molecule has 0 radical (unpaired) electrons. The number of likely N-dealkylation sites (N-methyl/N-ethyl adjacent to an activating group) is 2. The van der Waals surface area contributed by atoms with Crippen molar-refractivity contribution in [3.8, 4) is 0 Å². The lowest BCUT2D eigenvalue weighted by atomic mass is 9.89. The van der Waals surface area contributed by atoms with Gasteiger partial charge in [0.15, 0.2) is 0 Å². The van der Waals surface area contributed by atoms with Gasteiger partial charge in [0.25, 0.3) is 26.1 Å². The summed E-state index contributed by atoms with van der Waals surface area (Å²) in [5.74, 6) is 0.691. The molecule has 0 amide bonds. The fraction of sp³-hybridized carbons (Fsp3) is 0.783. The van der Waals surface area contributed by atoms with Gasteiger partial charge < -0.3 is 9.80 Å². The van der Waals surface area contributed by atoms with Gasteiger partial charge in [0.05, 0.1) is 46.4 Å². The van der Waals surface area contributed by atoms with Gasteiger partial charge in [-0.15, -0.1) is 46.4 Å². The maximum atomic E-state index is 11.6. The molecule has 4 rings (SSSR count). The van der Waals surface area contributed by atoms with E-state index in [-0.39, 0.29) is 58.8 Å². The molecule has 0 aromatic heterocycles. The van der Waals surface area contributed by atoms with E-state index in [1.54, 1.807) is 0 Å². The van der Waals surface area contributed by atoms with Gasteiger partial charge in [-0.2, -0.15) is 16.8 Å². The first-order valence-corrected chi connectivity index (χ1v) is 17.7. The highest BCUT2D eigenvalue weighted by atomic mass is 35.5. The third kappa shape index (κ3) is 7.13. The lowest BCUT2D eigenvalue weighted by Gasteiger charge is -2.36. The molecule has 2 aliphatic heterocycles. The predicted octanol–water partition coefficient (Wildman–Crippen LogP) is 2.26. The highest BCUT2D eigenvalue weighted by Crippen LogP contribution is 2.41. The van der Waals surface area contributed by atoms with E-state index in [9.17, 15) is 25.9 Å². The summed E-state index contributed by atoms with van der Waals surface area (Å²) in [6.45, 7) is 0.186. The largest absolute Gasteiger partial charge is 0.356 e. The maximum absolute atomic E-state index is 11.6. The minimum Gasteiger partial charge on any atom is -0.356 e. The Hall–Kier alpha value is -0.470. The van der Waals surface area contributed by atoms with Crippen molar-refractivity contribution in [2.45, 2.75) is 71.4 Å². The Morgan fingerprint density at radius 1 is 0.821 bits per heavy atom. The van der Waals surface area contributed by atoms with Crippen LogP contribution in [0.25, 0.3) is 0 Å². The second-order valence-corrected chi connectivity index (χ2v) is 16.1. The molecule has 2 saturated carbocycles. The zero-order chi connectivity index (χ0) is 28.9. The fourth-order valence-electron chi connectivity index (χ4n) is 6.36. The van der Waals surface area contributed by atoms with E-state index >= 15 is 0 Å². The summed E-state index contributed by atoms with van der Waals surface area (Å²) >= 11 is 25.9. The van der Waals surface area contributed by atoms with Gasteiger partial charge in [-0.25, -0.2) is 0 Å². The third-order valence-corrected chi connectivity index (χ3v) is 11.9. The second kappa shape index (κ2) is 12.0. The molecule has 3 fully saturated rings. The average Bonchev–Trinajstić information content (AvgIpc) is 3.21. The fourth-order valence-corrected chi connectivity index (χ4v) is 8.36. The standard InChI is InChI=1S/C23H34Cl4N4O6S2/c1-28-18-10-14(24)16(26)12-20(18)30(6-8-38(32,33)34)22(28)4-3-5-23-29(2)19-11-15(25)17(27)13-21(19)31(23)7-9-39(35,36)37/h3-5,14-21H,6-13H2,1-2H3,(H-,32,33,34,35,36,37)/p+1. The van der Waals surface area contributed by atoms with E-state index in [1.165, 1.54) is 0 Å². The quantitative estimate of drug-likeness (QED) is 0.228. The van der Waals surface area contributed by atoms with Crippen molar-refractivity contribution in [2.24, 2.45) is 0 Å². The second-order valence-electron chi connectivity index (χ2n) is 10.7. The number of allylic oxidation sites excluding steroid dienone is 2. The summed E-state index contributed by atoms with van der Waals surface area (Å²) in [6, 6.07) is -0.0705. The van der Waals surface area contributed by atoms with Crippen molar-refractivity contribution in [1.29, 1.82) is 0 Å². The first-order valence-electron chi connectivity index (χ1n) is 12.8. The summed E-state index contributed by atoms with van der Waals surface area (Å²) in [5, 5.41) is -0.952. The molecule has 2 N–H and O–H groups in total. The molecule has 1 saturated heterocycles. The zero-order valence-corrected chi connectivity index (χ0v) is 26.3. The molecule has 16 heteroatoms. The molecule has 4 aliphatic rings. The molecule has 222 valence electrons. The van der Waals surface area contributed by atoms with Gasteiger partial charge in [-0.3, -0.25) is 18.6 Å². The average molecular weight is 670 g/mol. The van der Waals surface area contributed by atoms with Crippen LogP contribution >= 0.6 is 46.4 Å². The van der Waals surface area contributed by atoms with Crippen LogP contribution in [-0.2, 0) is 20.2 Å². The molecule has 39 heavy (non-hydrogen) atoms. The van der Waals surface area contributed by atoms with Crippen molar-refractivity contribution >= 4 is 72.5 Å². The van der Waals surface area contributed by atoms with Crippen molar-refractivity contribution in [1.82, 2.24) is 14.7 Å². The molecule has 0 aromatic carbocycles. The maximum Gasteiger partial charge on any atom is 0.272 e. The Morgan fingerprint density at radius 2 is 1.31 bits per heavy atom. The first kappa shape index (κ1) is 31.5. The molecule has 2 heterocycles. The highest BCUT2D eigenvalue weighted by Gasteiger charge is 2.51. The number of fused-ring (bicyclic) bond motifs is 2. The van der Waals surface area contributed by atoms with Gasteiger partial charge in [-0.1, -0.05) is 6.08 Å². The number of amidine groups is 1. The Kier molecular flexibility index (Phi) is 9.70. The van der Waals surface area contributed by atoms with Crippen LogP contribution in [0.3, 0.4) is 0 Å². The van der Waals surface area contributed by atoms with Crippen LogP contribution in [-0.4, -0.2) is 135 Å². The topological polar surface area (TPSA) is 121 Å². The lowest BCUT2D eigenvalue weighted by Crippen LogP contribution is -2.49. The summed E-state index contributed by atoms with van der Waals surface area (Å²) in [7, 11) is -4.51. The van der Waals surface area contributed by atoms with Crippen LogP contribution in [0.4, 0.5) is 0 Å². The highest BCUT2D eigenvalue weighted by molar-refractivity contribution is 7.86. The lowest BCUT2D eigenvalue weighted by molar-refractivity contribution is -0.533. The molecular weight excluding hydrogens is 634 g/mol. The van der Waals surface area contributed by atoms with E-state index in [1.807, 2.05) is 42.1 Å². The van der Waals surface area contributed by atoms with Crippen molar-refractivity contribution < 1.29 is 30.5 Å². The molecule has 8 unspecified atom stereocenters. The number of hydrogen-bond acceptors (Lipinski definition) is 7. The van der Waals surface area contributed by atoms with Crippen LogP contribution in [0.2, 0.25) is 0 Å². The molecule has 0 spiro atoms. The molecule has 10 nitrogen and oxygen atoms in total. The first-order chi connectivity index (χ1) is 18.1. The van der Waals surface area contributed by atoms with Gasteiger partial charge in [0, 0.05) is 32.5 Å². The summed E-state index contributed by atoms with van der Waals surface area (Å²) in [5.41, 5.74) is 0. The number of nitrogens with zero attached hydrogens (tertiary/aromatic N) is 4. The molecular formula is C23H35Cl4N4O6S2+. The van der Waals surface area contributed by atoms with E-state index in [2.05, 4.69) is 9.48 Å². The predicted molar refractivity (Wildman–Crippen MR) is 155 cm³/mol. The van der Waals surface area contributed by atoms with Crippen molar-refractivity contribution in [2.75, 3.05) is 38.7 Å². The molecule has 0 bridgehead atoms. The van der Waals surface area contributed by atoms with Gasteiger partial charge in [-0.05, 0) is 18.9 Å². The Balaban J connectivity index is 1.64. The SMILES string of the molecule is CN1C(=CC=CC2=[N+](C)C3CC(Cl)C(Cl)CC3N2CCS(=O)(=O)O)N(CCS(=O)(=O)O)C2CC(Cl)C(Cl)CC21. The summed E-state index contributed by atoms with van der Waals surface area (Å²) in [6.07, 6.45) is 7.98. The van der Waals surface area contributed by atoms with E-state index in [0.29, 0.717) is 25.7 Å². The van der Waals surface area contributed by atoms with Crippen LogP contribution in [0.5, 0.6) is 0 Å². The summed E-state index contributed by atoms with van der Waals surface area (Å²) in [4.78, 5) is 5.97. The number of halogens is 4. The van der Waals surface area contributed by atoms with Gasteiger partial charge in [0.1, 0.15) is 30.2 Å². The third-order valence-electron chi connectivity index (χ3n) is 8.32. The van der Waals surface area contributed by atoms with Gasteiger partial charge in [0.2, 0.25) is 0 Å². The molecule has 8 atom stereocenters. The van der Waals surface area contributed by atoms with Crippen molar-refractivity contribution in [3.05, 3.63) is 24.0 Å². The number of alkyl halides is 4.